The Bertz CT molecular complexity index is 2040. The van der Waals surface area contributed by atoms with Crippen molar-refractivity contribution in [3.63, 3.8) is 0 Å². The van der Waals surface area contributed by atoms with Gasteiger partial charge in [0.2, 0.25) is 13.6 Å². The average molecular weight is 941 g/mol. The normalized spacial score (nSPS) is 15.2. The predicted octanol–water partition coefficient (Wildman–Crippen LogP) is 12.0. The van der Waals surface area contributed by atoms with Crippen LogP contribution in [0.4, 0.5) is 0 Å². The Morgan fingerprint density at radius 1 is 0.768 bits per heavy atom. The van der Waals surface area contributed by atoms with Crippen LogP contribution >= 0.6 is 15.9 Å². The third-order valence-electron chi connectivity index (χ3n) is 11.1. The van der Waals surface area contributed by atoms with Gasteiger partial charge in [-0.2, -0.15) is 0 Å². The average Bonchev–Trinajstić information content (AvgIpc) is 4.12. The summed E-state index contributed by atoms with van der Waals surface area (Å²) in [6.45, 7) is 15.9. The summed E-state index contributed by atoms with van der Waals surface area (Å²) in [4.78, 5) is 21.1. The molecule has 12 heteroatoms. The van der Waals surface area contributed by atoms with E-state index in [0.717, 1.165) is 48.9 Å². The summed E-state index contributed by atoms with van der Waals surface area (Å²) in [5, 5.41) is 22.0. The smallest absolute Gasteiger partial charge is 0.231 e. The second-order valence-electron chi connectivity index (χ2n) is 15.3. The number of carbonyl (C=O) groups is 1. The number of ketones is 1. The number of rotatable bonds is 15. The molecule has 4 aromatic rings. The number of benzene rings is 2. The maximum absolute atomic E-state index is 12.0. The Hall–Kier alpha value is -3.45. The van der Waals surface area contributed by atoms with Gasteiger partial charge in [0.25, 0.3) is 0 Å². The largest absolute Gasteiger partial charge is 0.505 e. The van der Waals surface area contributed by atoms with Crippen molar-refractivity contribution in [3.8, 4) is 34.5 Å². The van der Waals surface area contributed by atoms with Crippen molar-refractivity contribution in [2.75, 3.05) is 20.2 Å². The molecule has 2 fully saturated rings. The van der Waals surface area contributed by atoms with Crippen molar-refractivity contribution >= 4 is 61.9 Å². The summed E-state index contributed by atoms with van der Waals surface area (Å²) < 4.78 is 33.8. The third-order valence-corrected chi connectivity index (χ3v) is 26.9. The van der Waals surface area contributed by atoms with Crippen LogP contribution in [0.5, 0.6) is 34.5 Å². The molecule has 2 aliphatic heterocycles. The number of ether oxygens (including phenoxy) is 5. The van der Waals surface area contributed by atoms with E-state index in [1.165, 1.54) is 62.5 Å². The minimum absolute atomic E-state index is 0.00333. The molecule has 0 unspecified atom stereocenters. The van der Waals surface area contributed by atoms with Crippen LogP contribution in [0.1, 0.15) is 132 Å². The van der Waals surface area contributed by atoms with Crippen LogP contribution in [-0.2, 0) is 4.74 Å². The Morgan fingerprint density at radius 3 is 1.68 bits per heavy atom. The zero-order valence-electron chi connectivity index (χ0n) is 33.6. The number of pyridine rings is 2. The SMILES string of the molecule is C=[C](OCC)[Sn]([CH2]CCC)([CH2]CCC)[CH2]CCC.CC(=O)c1c(O)c(C2CC2)nc2ccc3c(c12)OCO3.Oc1c(C2CC2)nc2ccc3c(c2c1Br)OCO3. The number of hydrogen-bond donors (Lipinski definition) is 2. The molecule has 4 aliphatic rings. The van der Waals surface area contributed by atoms with Crippen molar-refractivity contribution in [2.24, 2.45) is 0 Å². The van der Waals surface area contributed by atoms with Crippen molar-refractivity contribution in [3.05, 3.63) is 56.0 Å². The molecule has 4 heterocycles. The molecular weight excluding hydrogens is 883 g/mol. The summed E-state index contributed by atoms with van der Waals surface area (Å²) in [6.07, 6.45) is 12.3. The molecule has 2 aliphatic carbocycles. The van der Waals surface area contributed by atoms with Gasteiger partial charge in [-0.3, -0.25) is 4.79 Å². The Balaban J connectivity index is 0.000000143. The summed E-state index contributed by atoms with van der Waals surface area (Å²) in [5.74, 6) is 3.14. The zero-order chi connectivity index (χ0) is 40.0. The van der Waals surface area contributed by atoms with Gasteiger partial charge in [-0.15, -0.1) is 0 Å². The molecule has 0 atom stereocenters. The van der Waals surface area contributed by atoms with Gasteiger partial charge in [0.1, 0.15) is 5.75 Å². The second-order valence-corrected chi connectivity index (χ2v) is 29.3. The van der Waals surface area contributed by atoms with E-state index in [2.05, 4.69) is 60.2 Å². The molecule has 0 amide bonds. The van der Waals surface area contributed by atoms with E-state index in [1.54, 1.807) is 12.1 Å². The Kier molecular flexibility index (Phi) is 14.2. The van der Waals surface area contributed by atoms with E-state index >= 15 is 0 Å². The molecule has 302 valence electrons. The van der Waals surface area contributed by atoms with Crippen LogP contribution in [-0.4, -0.2) is 64.5 Å². The second kappa shape index (κ2) is 18.9. The standard InChI is InChI=1S/C15H13NO4.C13H10BrNO3.C4H7O.3C4H9.Sn/c1-7(17)11-12-9(4-5-10-15(12)20-6-19-10)16-13(14(11)18)8-2-3-8;14-10-9-7(3-4-8-13(9)18-5-17-8)15-11(12(10)16)6-1-2-6;1-3-5-4-2;3*1-3-4-2;/h4-5,8,18H,2-3,6H2,1H3;3-4,6,16H,1-2,5H2;1,4H2,2H3;3*1,3-4H2,2H3;. The molecular formula is C44H57BrN2O8Sn. The van der Waals surface area contributed by atoms with Gasteiger partial charge in [0, 0.05) is 11.8 Å². The van der Waals surface area contributed by atoms with Crippen LogP contribution < -0.4 is 18.9 Å². The van der Waals surface area contributed by atoms with Crippen molar-refractivity contribution < 1.29 is 38.7 Å². The summed E-state index contributed by atoms with van der Waals surface area (Å²) >= 11 is 1.21. The van der Waals surface area contributed by atoms with Gasteiger partial charge < -0.3 is 29.2 Å². The first kappa shape index (κ1) is 42.2. The number of unbranched alkanes of at least 4 members (excludes halogenated alkanes) is 3. The van der Waals surface area contributed by atoms with Gasteiger partial charge >= 0.3 is 120 Å². The number of aromatic nitrogens is 2. The first-order chi connectivity index (χ1) is 27.1. The van der Waals surface area contributed by atoms with Gasteiger partial charge in [0.05, 0.1) is 43.2 Å². The third kappa shape index (κ3) is 9.14. The van der Waals surface area contributed by atoms with E-state index < -0.39 is 18.4 Å². The minimum atomic E-state index is -2.24. The van der Waals surface area contributed by atoms with Crippen molar-refractivity contribution in [1.29, 1.82) is 0 Å². The van der Waals surface area contributed by atoms with E-state index in [4.69, 9.17) is 23.7 Å². The van der Waals surface area contributed by atoms with E-state index in [-0.39, 0.29) is 36.8 Å². The zero-order valence-corrected chi connectivity index (χ0v) is 38.0. The number of nitrogens with zero attached hydrogens (tertiary/aromatic N) is 2. The fourth-order valence-electron chi connectivity index (χ4n) is 7.70. The minimum Gasteiger partial charge on any atom is -0.505 e. The number of halogens is 1. The van der Waals surface area contributed by atoms with Gasteiger partial charge in [0.15, 0.2) is 34.5 Å². The first-order valence-corrected chi connectivity index (χ1v) is 28.7. The van der Waals surface area contributed by atoms with Crippen molar-refractivity contribution in [1.82, 2.24) is 9.97 Å². The quantitative estimate of drug-likeness (QED) is 0.0675. The molecule has 10 nitrogen and oxygen atoms in total. The van der Waals surface area contributed by atoms with Gasteiger partial charge in [-0.05, 0) is 72.8 Å². The topological polar surface area (TPSA) is 129 Å². The molecule has 2 saturated carbocycles. The van der Waals surface area contributed by atoms with Crippen molar-refractivity contribution in [2.45, 2.75) is 124 Å². The fourth-order valence-corrected chi connectivity index (χ4v) is 22.9. The first-order valence-electron chi connectivity index (χ1n) is 20.5. The molecule has 56 heavy (non-hydrogen) atoms. The fraction of sp³-hybridized carbons (Fsp3) is 0.523. The monoisotopic (exact) mass is 940 g/mol. The summed E-state index contributed by atoms with van der Waals surface area (Å²) in [6, 6.07) is 7.35. The van der Waals surface area contributed by atoms with Crippen LogP contribution in [0.3, 0.4) is 0 Å². The maximum Gasteiger partial charge on any atom is 0.231 e. The van der Waals surface area contributed by atoms with E-state index in [1.807, 2.05) is 12.1 Å². The van der Waals surface area contributed by atoms with Crippen LogP contribution in [0.25, 0.3) is 21.8 Å². The number of fused-ring (bicyclic) bond motifs is 6. The Labute approximate surface area is 343 Å². The molecule has 0 radical (unpaired) electrons. The summed E-state index contributed by atoms with van der Waals surface area (Å²) in [5.41, 5.74) is 3.19. The molecule has 0 bridgehead atoms. The van der Waals surface area contributed by atoms with E-state index in [9.17, 15) is 15.0 Å². The number of aromatic hydroxyl groups is 2. The molecule has 2 N–H and O–H groups in total. The van der Waals surface area contributed by atoms with Gasteiger partial charge in [-0.1, -0.05) is 0 Å². The molecule has 2 aromatic carbocycles. The van der Waals surface area contributed by atoms with E-state index in [0.29, 0.717) is 55.5 Å². The molecule has 0 saturated heterocycles. The van der Waals surface area contributed by atoms with Crippen LogP contribution in [0.15, 0.2) is 39.1 Å². The van der Waals surface area contributed by atoms with Gasteiger partial charge in [-0.25, -0.2) is 9.97 Å². The molecule has 0 spiro atoms. The number of Topliss-reactive ketones (excluding diaryl/α,β-unsaturated/α-hetero) is 1. The van der Waals surface area contributed by atoms with Crippen LogP contribution in [0, 0.1) is 0 Å². The molecule has 8 rings (SSSR count). The number of hydrogen-bond acceptors (Lipinski definition) is 10. The molecule has 2 aromatic heterocycles. The Morgan fingerprint density at radius 2 is 1.23 bits per heavy atom. The predicted molar refractivity (Wildman–Crippen MR) is 226 cm³/mol. The maximum atomic E-state index is 12.0. The van der Waals surface area contributed by atoms with Crippen LogP contribution in [0.2, 0.25) is 13.3 Å². The number of carbonyl (C=O) groups excluding carboxylic acids is 1. The summed E-state index contributed by atoms with van der Waals surface area (Å²) in [7, 11) is 0.